The topological polar surface area (TPSA) is 142 Å². The summed E-state index contributed by atoms with van der Waals surface area (Å²) in [5.41, 5.74) is 1.13. The Balaban J connectivity index is 1.75. The van der Waals surface area contributed by atoms with Crippen LogP contribution in [0.15, 0.2) is 66.7 Å². The van der Waals surface area contributed by atoms with Crippen LogP contribution in [-0.4, -0.2) is 62.8 Å². The predicted octanol–water partition coefficient (Wildman–Crippen LogP) is 1.51. The van der Waals surface area contributed by atoms with E-state index in [0.717, 1.165) is 5.56 Å². The fourth-order valence-corrected chi connectivity index (χ4v) is 3.89. The highest BCUT2D eigenvalue weighted by Gasteiger charge is 2.42. The van der Waals surface area contributed by atoms with Crippen molar-refractivity contribution in [1.29, 1.82) is 0 Å². The van der Waals surface area contributed by atoms with Gasteiger partial charge in [0.2, 0.25) is 0 Å². The van der Waals surface area contributed by atoms with E-state index in [1.165, 1.54) is 13.2 Å². The molecule has 4 unspecified atom stereocenters. The van der Waals surface area contributed by atoms with Gasteiger partial charge in [0.1, 0.15) is 18.3 Å². The van der Waals surface area contributed by atoms with E-state index in [9.17, 15) is 24.9 Å². The first-order valence-electron chi connectivity index (χ1n) is 10.5. The number of esters is 1. The summed E-state index contributed by atoms with van der Waals surface area (Å²) in [6.07, 6.45) is -1.48. The molecular weight excluding hydrogens is 438 g/mol. The van der Waals surface area contributed by atoms with Gasteiger partial charge in [-0.15, -0.1) is 10.2 Å². The minimum absolute atomic E-state index is 0.0219. The molecule has 0 fully saturated rings. The number of aliphatic hydroxyl groups excluding tert-OH is 3. The monoisotopic (exact) mass is 461 g/mol. The van der Waals surface area contributed by atoms with E-state index in [-0.39, 0.29) is 22.5 Å². The maximum atomic E-state index is 12.8. The summed E-state index contributed by atoms with van der Waals surface area (Å²) in [5.74, 6) is -1.50. The molecule has 1 aliphatic rings. The zero-order chi connectivity index (χ0) is 24.2. The third-order valence-corrected chi connectivity index (χ3v) is 5.60. The molecule has 0 radical (unpaired) electrons. The number of nitrogens with zero attached hydrogens (tertiary/aromatic N) is 2. The number of aromatic nitrogens is 2. The molecule has 4 rings (SSSR count). The van der Waals surface area contributed by atoms with E-state index < -0.39 is 36.2 Å². The van der Waals surface area contributed by atoms with Crippen LogP contribution in [0.4, 0.5) is 0 Å². The van der Waals surface area contributed by atoms with E-state index in [4.69, 9.17) is 4.74 Å². The second-order valence-electron chi connectivity index (χ2n) is 7.74. The van der Waals surface area contributed by atoms with E-state index in [0.29, 0.717) is 5.56 Å². The van der Waals surface area contributed by atoms with Gasteiger partial charge in [-0.05, 0) is 11.1 Å². The summed E-state index contributed by atoms with van der Waals surface area (Å²) >= 11 is 0. The second kappa shape index (κ2) is 9.92. The quantitative estimate of drug-likeness (QED) is 0.405. The highest BCUT2D eigenvalue weighted by Crippen LogP contribution is 2.37. The Morgan fingerprint density at radius 2 is 1.71 bits per heavy atom. The van der Waals surface area contributed by atoms with Gasteiger partial charge in [0.25, 0.3) is 5.91 Å². The van der Waals surface area contributed by atoms with Gasteiger partial charge in [0.05, 0.1) is 13.2 Å². The van der Waals surface area contributed by atoms with E-state index in [1.54, 1.807) is 36.4 Å². The highest BCUT2D eigenvalue weighted by molar-refractivity contribution is 6.02. The molecule has 4 N–H and O–H groups in total. The fraction of sp³-hybridized carbons (Fsp3) is 0.200. The molecule has 4 atom stereocenters. The van der Waals surface area contributed by atoms with Gasteiger partial charge < -0.3 is 25.4 Å². The summed E-state index contributed by atoms with van der Waals surface area (Å²) in [7, 11) is 1.18. The number of carbonyl (C=O) groups is 2. The number of ether oxygens (including phenoxy) is 1. The van der Waals surface area contributed by atoms with Crippen LogP contribution in [0.1, 0.15) is 38.2 Å². The van der Waals surface area contributed by atoms with Crippen molar-refractivity contribution in [2.75, 3.05) is 7.11 Å². The van der Waals surface area contributed by atoms with Crippen molar-refractivity contribution in [3.63, 3.8) is 0 Å². The highest BCUT2D eigenvalue weighted by atomic mass is 16.5. The number of carbonyl (C=O) groups excluding carboxylic acids is 2. The van der Waals surface area contributed by atoms with Crippen LogP contribution in [0.25, 0.3) is 17.2 Å². The second-order valence-corrected chi connectivity index (χ2v) is 7.74. The first-order valence-corrected chi connectivity index (χ1v) is 10.5. The van der Waals surface area contributed by atoms with Crippen molar-refractivity contribution in [1.82, 2.24) is 15.5 Å². The molecule has 9 nitrogen and oxygen atoms in total. The molecule has 1 aromatic heterocycles. The lowest BCUT2D eigenvalue weighted by Gasteiger charge is -2.35. The fourth-order valence-electron chi connectivity index (χ4n) is 3.89. The van der Waals surface area contributed by atoms with Crippen LogP contribution < -0.4 is 5.32 Å². The van der Waals surface area contributed by atoms with E-state index in [2.05, 4.69) is 15.5 Å². The molecule has 1 amide bonds. The predicted molar refractivity (Wildman–Crippen MR) is 123 cm³/mol. The summed E-state index contributed by atoms with van der Waals surface area (Å²) in [6, 6.07) is 16.5. The molecule has 34 heavy (non-hydrogen) atoms. The van der Waals surface area contributed by atoms with Crippen molar-refractivity contribution < 1.29 is 29.6 Å². The Kier molecular flexibility index (Phi) is 6.78. The molecule has 0 aliphatic carbocycles. The average molecular weight is 461 g/mol. The van der Waals surface area contributed by atoms with Gasteiger partial charge in [0, 0.05) is 11.1 Å². The molecule has 2 heterocycles. The molecule has 174 valence electrons. The van der Waals surface area contributed by atoms with Gasteiger partial charge in [-0.3, -0.25) is 4.79 Å². The van der Waals surface area contributed by atoms with Gasteiger partial charge in [-0.2, -0.15) is 0 Å². The zero-order valence-corrected chi connectivity index (χ0v) is 18.2. The molecule has 9 heteroatoms. The number of nitrogens with one attached hydrogen (secondary N) is 1. The SMILES string of the molecule is COC(=O)c1nnc2c(c1-c1ccccc1)C(O)C(C(O)C(O)C=Cc1ccccc1)NC2=O. The first kappa shape index (κ1) is 23.2. The van der Waals surface area contributed by atoms with Gasteiger partial charge >= 0.3 is 5.97 Å². The van der Waals surface area contributed by atoms with Gasteiger partial charge in [-0.1, -0.05) is 72.8 Å². The standard InChI is InChI=1S/C25H23N3O6/c1-34-25(33)20-17(15-10-6-3-7-11-15)18-19(27-28-20)24(32)26-21(23(18)31)22(30)16(29)13-12-14-8-4-2-5-9-14/h2-13,16,21-23,29-31H,1H3,(H,26,32). The molecule has 3 aromatic rings. The van der Waals surface area contributed by atoms with Crippen molar-refractivity contribution in [3.05, 3.63) is 89.3 Å². The maximum Gasteiger partial charge on any atom is 0.359 e. The van der Waals surface area contributed by atoms with Crippen LogP contribution in [0, 0.1) is 0 Å². The number of aliphatic hydroxyl groups is 3. The van der Waals surface area contributed by atoms with Crippen molar-refractivity contribution in [3.8, 4) is 11.1 Å². The molecule has 1 aliphatic heterocycles. The van der Waals surface area contributed by atoms with E-state index >= 15 is 0 Å². The number of fused-ring (bicyclic) bond motifs is 1. The summed E-state index contributed by atoms with van der Waals surface area (Å²) < 4.78 is 4.82. The Morgan fingerprint density at radius 1 is 1.06 bits per heavy atom. The smallest absolute Gasteiger partial charge is 0.359 e. The van der Waals surface area contributed by atoms with Crippen molar-refractivity contribution in [2.45, 2.75) is 24.4 Å². The number of rotatable bonds is 6. The van der Waals surface area contributed by atoms with Crippen LogP contribution in [0.3, 0.4) is 0 Å². The Morgan fingerprint density at radius 3 is 2.35 bits per heavy atom. The largest absolute Gasteiger partial charge is 0.464 e. The summed E-state index contributed by atoms with van der Waals surface area (Å²) in [6.45, 7) is 0. The van der Waals surface area contributed by atoms with Gasteiger partial charge in [0.15, 0.2) is 11.4 Å². The number of benzene rings is 2. The van der Waals surface area contributed by atoms with Crippen LogP contribution in [0.5, 0.6) is 0 Å². The van der Waals surface area contributed by atoms with Crippen LogP contribution in [-0.2, 0) is 4.74 Å². The summed E-state index contributed by atoms with van der Waals surface area (Å²) in [5, 5.41) is 42.8. The molecule has 0 spiro atoms. The van der Waals surface area contributed by atoms with Gasteiger partial charge in [-0.25, -0.2) is 4.79 Å². The zero-order valence-electron chi connectivity index (χ0n) is 18.2. The molecule has 0 saturated heterocycles. The van der Waals surface area contributed by atoms with Crippen molar-refractivity contribution >= 4 is 18.0 Å². The summed E-state index contributed by atoms with van der Waals surface area (Å²) in [4.78, 5) is 25.3. The number of hydrogen-bond donors (Lipinski definition) is 4. The molecule has 0 saturated carbocycles. The van der Waals surface area contributed by atoms with E-state index in [1.807, 2.05) is 30.3 Å². The normalized spacial score (nSPS) is 19.2. The molecule has 0 bridgehead atoms. The Bertz CT molecular complexity index is 1220. The Labute approximate surface area is 195 Å². The Hall–Kier alpha value is -3.92. The number of amides is 1. The third kappa shape index (κ3) is 4.44. The minimum Gasteiger partial charge on any atom is -0.464 e. The lowest BCUT2D eigenvalue weighted by atomic mass is 9.85. The number of hydrogen-bond acceptors (Lipinski definition) is 8. The van der Waals surface area contributed by atoms with Crippen LogP contribution >= 0.6 is 0 Å². The lowest BCUT2D eigenvalue weighted by molar-refractivity contribution is -0.0222. The molecular formula is C25H23N3O6. The minimum atomic E-state index is -1.56. The first-order chi connectivity index (χ1) is 16.4. The number of methoxy groups -OCH3 is 1. The third-order valence-electron chi connectivity index (χ3n) is 5.60. The lowest BCUT2D eigenvalue weighted by Crippen LogP contribution is -2.55. The molecule has 2 aromatic carbocycles. The van der Waals surface area contributed by atoms with Crippen LogP contribution in [0.2, 0.25) is 0 Å². The van der Waals surface area contributed by atoms with Crippen molar-refractivity contribution in [2.24, 2.45) is 0 Å². The maximum absolute atomic E-state index is 12.8. The average Bonchev–Trinajstić information content (AvgIpc) is 2.88.